The van der Waals surface area contributed by atoms with Crippen molar-refractivity contribution in [1.29, 1.82) is 0 Å². The van der Waals surface area contributed by atoms with E-state index in [9.17, 15) is 4.79 Å². The van der Waals surface area contributed by atoms with Crippen molar-refractivity contribution in [3.05, 3.63) is 75.7 Å². The van der Waals surface area contributed by atoms with Crippen LogP contribution < -0.4 is 31.2 Å². The number of rotatable bonds is 20. The fourth-order valence-electron chi connectivity index (χ4n) is 5.77. The minimum Gasteiger partial charge on any atom is -1.00 e. The lowest BCUT2D eigenvalue weighted by Gasteiger charge is -2.26. The summed E-state index contributed by atoms with van der Waals surface area (Å²) in [7, 11) is 0. The molecule has 1 heterocycles. The molecule has 4 nitrogen and oxygen atoms in total. The van der Waals surface area contributed by atoms with Crippen molar-refractivity contribution in [2.45, 2.75) is 144 Å². The largest absolute Gasteiger partial charge is 1.00 e. The molecule has 0 atom stereocenters. The average Bonchev–Trinajstić information content (AvgIpc) is 3.41. The van der Waals surface area contributed by atoms with Gasteiger partial charge in [-0.3, -0.25) is 4.79 Å². The Morgan fingerprint density at radius 3 is 2.07 bits per heavy atom. The van der Waals surface area contributed by atoms with E-state index >= 15 is 0 Å². The number of carbonyl (C=O) groups excluding carboxylic acids is 1. The Morgan fingerprint density at radius 2 is 1.49 bits per heavy atom. The third-order valence-electron chi connectivity index (χ3n) is 8.36. The van der Waals surface area contributed by atoms with Crippen molar-refractivity contribution in [2.24, 2.45) is 0 Å². The second kappa shape index (κ2) is 20.8. The third-order valence-corrected chi connectivity index (χ3v) is 9.21. The number of aromatic nitrogens is 1. The third kappa shape index (κ3) is 14.0. The van der Waals surface area contributed by atoms with Crippen molar-refractivity contribution >= 4 is 22.9 Å². The maximum atomic E-state index is 13.2. The highest BCUT2D eigenvalue weighted by molar-refractivity contribution is 7.09. The first-order chi connectivity index (χ1) is 21.2. The van der Waals surface area contributed by atoms with Crippen LogP contribution in [0.25, 0.3) is 0 Å². The van der Waals surface area contributed by atoms with E-state index in [1.165, 1.54) is 86.6 Å². The Morgan fingerprint density at radius 1 is 0.844 bits per heavy atom. The highest BCUT2D eigenvalue weighted by Crippen LogP contribution is 2.33. The van der Waals surface area contributed by atoms with E-state index in [2.05, 4.69) is 93.4 Å². The van der Waals surface area contributed by atoms with Crippen molar-refractivity contribution in [1.82, 2.24) is 0 Å². The minimum absolute atomic E-state index is 0. The zero-order chi connectivity index (χ0) is 31.8. The number of anilines is 1. The lowest BCUT2D eigenvalue weighted by atomic mass is 9.85. The Labute approximate surface area is 289 Å². The van der Waals surface area contributed by atoms with Crippen LogP contribution in [0, 0.1) is 6.92 Å². The van der Waals surface area contributed by atoms with Gasteiger partial charge < -0.3 is 26.6 Å². The average molecular weight is 700 g/mol. The summed E-state index contributed by atoms with van der Waals surface area (Å²) < 4.78 is 8.57. The number of hydrogen-bond acceptors (Lipinski definition) is 3. The van der Waals surface area contributed by atoms with Gasteiger partial charge in [0.1, 0.15) is 5.75 Å². The van der Waals surface area contributed by atoms with Gasteiger partial charge >= 0.3 is 0 Å². The first-order valence-corrected chi connectivity index (χ1v) is 18.2. The molecule has 0 fully saturated rings. The first kappa shape index (κ1) is 39.0. The molecule has 0 bridgehead atoms. The van der Waals surface area contributed by atoms with Gasteiger partial charge in [-0.1, -0.05) is 135 Å². The molecule has 0 unspecified atom stereocenters. The van der Waals surface area contributed by atoms with E-state index in [4.69, 9.17) is 4.74 Å². The van der Waals surface area contributed by atoms with Gasteiger partial charge in [0.2, 0.25) is 11.4 Å². The number of carbonyl (C=O) groups is 1. The van der Waals surface area contributed by atoms with E-state index in [-0.39, 0.29) is 28.3 Å². The Hall–Kier alpha value is -2.18. The monoisotopic (exact) mass is 698 g/mol. The summed E-state index contributed by atoms with van der Waals surface area (Å²) >= 11 is 1.75. The summed E-state index contributed by atoms with van der Waals surface area (Å²) in [5, 5.41) is 0. The fraction of sp³-hybridized carbons (Fsp3) is 0.590. The van der Waals surface area contributed by atoms with E-state index in [0.29, 0.717) is 13.0 Å². The molecule has 2 aromatic carbocycles. The van der Waals surface area contributed by atoms with Crippen LogP contribution in [0.4, 0.5) is 5.69 Å². The van der Waals surface area contributed by atoms with E-state index in [1.54, 1.807) is 11.3 Å². The number of hydrogen-bond donors (Lipinski definition) is 0. The van der Waals surface area contributed by atoms with Crippen LogP contribution in [0.3, 0.4) is 0 Å². The molecule has 6 heteroatoms. The quantitative estimate of drug-likeness (QED) is 0.0895. The van der Waals surface area contributed by atoms with Gasteiger partial charge in [-0.15, -0.1) is 0 Å². The molecule has 0 aliphatic rings. The summed E-state index contributed by atoms with van der Waals surface area (Å²) in [4.78, 5) is 16.4. The van der Waals surface area contributed by atoms with Crippen molar-refractivity contribution in [3.8, 4) is 5.75 Å². The molecule has 0 aliphatic heterocycles. The second-order valence-electron chi connectivity index (χ2n) is 13.5. The number of unbranched alkanes of at least 4 members (excludes halogenated alkanes) is 11. The lowest BCUT2D eigenvalue weighted by molar-refractivity contribution is -0.683. The predicted octanol–water partition coefficient (Wildman–Crippen LogP) is 7.72. The minimum atomic E-state index is -0.0583. The van der Waals surface area contributed by atoms with Crippen LogP contribution >= 0.6 is 11.3 Å². The summed E-state index contributed by atoms with van der Waals surface area (Å²) in [5.74, 6) is 1.11. The van der Waals surface area contributed by atoms with Gasteiger partial charge in [0.15, 0.2) is 12.7 Å². The van der Waals surface area contributed by atoms with Gasteiger partial charge in [-0.2, -0.15) is 4.57 Å². The number of thiazole rings is 1. The standard InChI is InChI=1S/C39H59N2O2S.BrH/c1-7-9-10-11-12-13-14-15-16-17-18-19-25-43-37-24-23-34(27-36(37)39(4,5)6)30-41(38(42)8-2)35-22-20-21-33(26-35)29-40-28-32(3)44-31-40;/h20-24,26-28,31H,7-19,25,29-30H2,1-6H3;1H/q+1;/p-1. The molecule has 0 N–H and O–H groups in total. The van der Waals surface area contributed by atoms with Crippen LogP contribution in [0.2, 0.25) is 0 Å². The number of benzene rings is 2. The van der Waals surface area contributed by atoms with Crippen LogP contribution in [0.15, 0.2) is 54.2 Å². The Bertz CT molecular complexity index is 1270. The molecule has 0 spiro atoms. The SMILES string of the molecule is CCCCCCCCCCCCCCOc1ccc(CN(C(=O)CC)c2cccc(C[n+]3csc(C)c3)c2)cc1C(C)(C)C.[Br-]. The highest BCUT2D eigenvalue weighted by atomic mass is 79.9. The molecule has 1 amide bonds. The maximum Gasteiger partial charge on any atom is 0.227 e. The molecule has 3 rings (SSSR count). The molecular weight excluding hydrogens is 640 g/mol. The van der Waals surface area contributed by atoms with Crippen molar-refractivity contribution in [3.63, 3.8) is 0 Å². The molecule has 0 saturated carbocycles. The fourth-order valence-corrected chi connectivity index (χ4v) is 6.40. The number of amides is 1. The number of aryl methyl sites for hydroxylation is 1. The topological polar surface area (TPSA) is 33.4 Å². The van der Waals surface area contributed by atoms with E-state index < -0.39 is 0 Å². The number of nitrogens with zero attached hydrogens (tertiary/aromatic N) is 2. The van der Waals surface area contributed by atoms with Gasteiger partial charge in [-0.25, -0.2) is 0 Å². The lowest BCUT2D eigenvalue weighted by Crippen LogP contribution is -3.00. The van der Waals surface area contributed by atoms with Gasteiger partial charge in [-0.05, 0) is 54.2 Å². The van der Waals surface area contributed by atoms with Crippen LogP contribution in [-0.2, 0) is 23.3 Å². The van der Waals surface area contributed by atoms with Crippen LogP contribution in [-0.4, -0.2) is 12.5 Å². The molecule has 0 radical (unpaired) electrons. The van der Waals surface area contributed by atoms with Gasteiger partial charge in [0.05, 0.1) is 18.0 Å². The summed E-state index contributed by atoms with van der Waals surface area (Å²) in [6.45, 7) is 15.2. The number of ether oxygens (including phenoxy) is 1. The molecule has 0 aliphatic carbocycles. The van der Waals surface area contributed by atoms with Crippen LogP contribution in [0.5, 0.6) is 5.75 Å². The van der Waals surface area contributed by atoms with E-state index in [1.807, 2.05) is 11.8 Å². The second-order valence-corrected chi connectivity index (χ2v) is 14.5. The summed E-state index contributed by atoms with van der Waals surface area (Å²) in [6.07, 6.45) is 18.8. The smallest absolute Gasteiger partial charge is 0.227 e. The van der Waals surface area contributed by atoms with E-state index in [0.717, 1.165) is 36.6 Å². The van der Waals surface area contributed by atoms with Gasteiger partial charge in [0.25, 0.3) is 0 Å². The number of halogens is 1. The molecule has 1 aromatic heterocycles. The molecule has 45 heavy (non-hydrogen) atoms. The van der Waals surface area contributed by atoms with Crippen LogP contribution in [0.1, 0.15) is 140 Å². The Kier molecular flexibility index (Phi) is 18.1. The molecule has 0 saturated heterocycles. The Balaban J connectivity index is 0.00000705. The zero-order valence-electron chi connectivity index (χ0n) is 29.0. The summed E-state index contributed by atoms with van der Waals surface area (Å²) in [5.41, 5.74) is 6.56. The predicted molar refractivity (Wildman–Crippen MR) is 188 cm³/mol. The molecular formula is C39H59BrN2O2S. The molecule has 250 valence electrons. The first-order valence-electron chi connectivity index (χ1n) is 17.3. The normalized spacial score (nSPS) is 11.3. The summed E-state index contributed by atoms with van der Waals surface area (Å²) in [6, 6.07) is 14.9. The van der Waals surface area contributed by atoms with Crippen molar-refractivity contribution in [2.75, 3.05) is 11.5 Å². The van der Waals surface area contributed by atoms with Gasteiger partial charge in [0, 0.05) is 17.7 Å². The zero-order valence-corrected chi connectivity index (χ0v) is 31.4. The van der Waals surface area contributed by atoms with Crippen molar-refractivity contribution < 1.29 is 31.1 Å². The maximum absolute atomic E-state index is 13.2. The highest BCUT2D eigenvalue weighted by Gasteiger charge is 2.22. The molecule has 3 aromatic rings.